The number of hydrogen-bond acceptors (Lipinski definition) is 2. The Morgan fingerprint density at radius 1 is 1.25 bits per heavy atom. The van der Waals surface area contributed by atoms with Gasteiger partial charge in [-0.3, -0.25) is 4.79 Å². The topological polar surface area (TPSA) is 29.5 Å². The maximum atomic E-state index is 12.6. The summed E-state index contributed by atoms with van der Waals surface area (Å²) in [6.45, 7) is 0.688. The van der Waals surface area contributed by atoms with Gasteiger partial charge in [0.05, 0.1) is 7.11 Å². The number of ether oxygens (including phenoxy) is 1. The number of carbonyl (C=O) groups excluding carboxylic acids is 1. The third-order valence-corrected chi connectivity index (χ3v) is 3.73. The molecule has 0 aliphatic carbocycles. The van der Waals surface area contributed by atoms with Gasteiger partial charge in [-0.25, -0.2) is 0 Å². The Bertz CT molecular complexity index is 669. The van der Waals surface area contributed by atoms with Crippen molar-refractivity contribution in [3.63, 3.8) is 0 Å². The molecule has 0 saturated carbocycles. The number of rotatable bonds is 2. The van der Waals surface area contributed by atoms with Crippen molar-refractivity contribution in [2.75, 3.05) is 18.6 Å². The molecule has 3 rings (SSSR count). The Kier molecular flexibility index (Phi) is 3.36. The summed E-state index contributed by atoms with van der Waals surface area (Å²) < 4.78 is 5.21. The molecule has 1 heterocycles. The van der Waals surface area contributed by atoms with Gasteiger partial charge in [0.2, 0.25) is 0 Å². The van der Waals surface area contributed by atoms with Crippen molar-refractivity contribution < 1.29 is 9.53 Å². The van der Waals surface area contributed by atoms with E-state index in [9.17, 15) is 4.79 Å². The maximum absolute atomic E-state index is 12.6. The molecular formula is C16H14ClNO2. The van der Waals surface area contributed by atoms with E-state index in [0.29, 0.717) is 17.1 Å². The van der Waals surface area contributed by atoms with Crippen LogP contribution in [0.2, 0.25) is 5.02 Å². The predicted octanol–water partition coefficient (Wildman–Crippen LogP) is 3.55. The van der Waals surface area contributed by atoms with Gasteiger partial charge in [0.25, 0.3) is 5.91 Å². The van der Waals surface area contributed by atoms with Crippen molar-refractivity contribution in [2.24, 2.45) is 0 Å². The smallest absolute Gasteiger partial charge is 0.258 e. The molecular weight excluding hydrogens is 274 g/mol. The first-order chi connectivity index (χ1) is 9.69. The summed E-state index contributed by atoms with van der Waals surface area (Å²) in [6.07, 6.45) is 0.846. The first-order valence-corrected chi connectivity index (χ1v) is 6.81. The second-order valence-corrected chi connectivity index (χ2v) is 5.15. The van der Waals surface area contributed by atoms with Crippen LogP contribution in [0.1, 0.15) is 15.9 Å². The lowest BCUT2D eigenvalue weighted by Crippen LogP contribution is -2.28. The lowest BCUT2D eigenvalue weighted by atomic mass is 10.1. The monoisotopic (exact) mass is 287 g/mol. The number of methoxy groups -OCH3 is 1. The van der Waals surface area contributed by atoms with Gasteiger partial charge < -0.3 is 9.64 Å². The second-order valence-electron chi connectivity index (χ2n) is 4.71. The summed E-state index contributed by atoms with van der Waals surface area (Å²) >= 11 is 5.95. The predicted molar refractivity (Wildman–Crippen MR) is 79.8 cm³/mol. The van der Waals surface area contributed by atoms with Crippen molar-refractivity contribution in [1.82, 2.24) is 0 Å². The summed E-state index contributed by atoms with van der Waals surface area (Å²) in [5, 5.41) is 0.574. The highest BCUT2D eigenvalue weighted by Crippen LogP contribution is 2.32. The molecule has 0 fully saturated rings. The van der Waals surface area contributed by atoms with E-state index in [2.05, 4.69) is 0 Å². The zero-order valence-electron chi connectivity index (χ0n) is 11.1. The summed E-state index contributed by atoms with van der Waals surface area (Å²) in [4.78, 5) is 14.3. The number of hydrogen-bond donors (Lipinski definition) is 0. The Hall–Kier alpha value is -2.00. The molecule has 1 aliphatic heterocycles. The standard InChI is InChI=1S/C16H14ClNO2/c1-20-14-5-6-15-11(10-14)7-8-18(15)16(19)12-3-2-4-13(17)9-12/h2-6,9-10H,7-8H2,1H3. The van der Waals surface area contributed by atoms with Crippen LogP contribution in [0.3, 0.4) is 0 Å². The maximum Gasteiger partial charge on any atom is 0.258 e. The van der Waals surface area contributed by atoms with Crippen molar-refractivity contribution in [2.45, 2.75) is 6.42 Å². The molecule has 4 heteroatoms. The number of benzene rings is 2. The van der Waals surface area contributed by atoms with Crippen molar-refractivity contribution in [3.8, 4) is 5.75 Å². The molecule has 20 heavy (non-hydrogen) atoms. The van der Waals surface area contributed by atoms with Crippen LogP contribution in [-0.4, -0.2) is 19.6 Å². The molecule has 0 bridgehead atoms. The quantitative estimate of drug-likeness (QED) is 0.845. The third-order valence-electron chi connectivity index (χ3n) is 3.50. The molecule has 0 radical (unpaired) electrons. The van der Waals surface area contributed by atoms with Crippen LogP contribution in [-0.2, 0) is 6.42 Å². The van der Waals surface area contributed by atoms with E-state index < -0.39 is 0 Å². The van der Waals surface area contributed by atoms with Crippen LogP contribution in [0.4, 0.5) is 5.69 Å². The number of halogens is 1. The van der Waals surface area contributed by atoms with Crippen LogP contribution in [0.25, 0.3) is 0 Å². The fourth-order valence-electron chi connectivity index (χ4n) is 2.49. The van der Waals surface area contributed by atoms with Crippen LogP contribution in [0.5, 0.6) is 5.75 Å². The molecule has 2 aromatic carbocycles. The van der Waals surface area contributed by atoms with Gasteiger partial charge >= 0.3 is 0 Å². The zero-order chi connectivity index (χ0) is 14.1. The molecule has 0 N–H and O–H groups in total. The molecule has 0 aromatic heterocycles. The first kappa shape index (κ1) is 13.0. The largest absolute Gasteiger partial charge is 0.497 e. The molecule has 0 saturated heterocycles. The second kappa shape index (κ2) is 5.17. The third kappa shape index (κ3) is 2.25. The Balaban J connectivity index is 1.93. The molecule has 1 amide bonds. The van der Waals surface area contributed by atoms with E-state index in [0.717, 1.165) is 23.4 Å². The van der Waals surface area contributed by atoms with Gasteiger partial charge in [-0.2, -0.15) is 0 Å². The summed E-state index contributed by atoms with van der Waals surface area (Å²) in [5.41, 5.74) is 2.71. The van der Waals surface area contributed by atoms with E-state index in [1.54, 1.807) is 36.3 Å². The number of nitrogens with zero attached hydrogens (tertiary/aromatic N) is 1. The van der Waals surface area contributed by atoms with Gasteiger partial charge in [-0.15, -0.1) is 0 Å². The van der Waals surface area contributed by atoms with Gasteiger partial charge in [0.1, 0.15) is 5.75 Å². The fourth-order valence-corrected chi connectivity index (χ4v) is 2.68. The lowest BCUT2D eigenvalue weighted by Gasteiger charge is -2.17. The highest BCUT2D eigenvalue weighted by Gasteiger charge is 2.25. The molecule has 0 unspecified atom stereocenters. The van der Waals surface area contributed by atoms with E-state index in [-0.39, 0.29) is 5.91 Å². The highest BCUT2D eigenvalue weighted by atomic mass is 35.5. The van der Waals surface area contributed by atoms with E-state index in [1.165, 1.54) is 0 Å². The Morgan fingerprint density at radius 3 is 2.85 bits per heavy atom. The Labute approximate surface area is 122 Å². The Morgan fingerprint density at radius 2 is 2.10 bits per heavy atom. The average Bonchev–Trinajstić information content (AvgIpc) is 2.89. The number of amides is 1. The van der Waals surface area contributed by atoms with Crippen LogP contribution in [0, 0.1) is 0 Å². The van der Waals surface area contributed by atoms with E-state index >= 15 is 0 Å². The van der Waals surface area contributed by atoms with Crippen LogP contribution >= 0.6 is 11.6 Å². The van der Waals surface area contributed by atoms with Crippen molar-refractivity contribution >= 4 is 23.2 Å². The number of carbonyl (C=O) groups is 1. The summed E-state index contributed by atoms with van der Waals surface area (Å²) in [5.74, 6) is 0.803. The SMILES string of the molecule is COc1ccc2c(c1)CCN2C(=O)c1cccc(Cl)c1. The molecule has 2 aromatic rings. The highest BCUT2D eigenvalue weighted by molar-refractivity contribution is 6.31. The van der Waals surface area contributed by atoms with Crippen LogP contribution in [0.15, 0.2) is 42.5 Å². The van der Waals surface area contributed by atoms with E-state index in [4.69, 9.17) is 16.3 Å². The number of fused-ring (bicyclic) bond motifs is 1. The lowest BCUT2D eigenvalue weighted by molar-refractivity contribution is 0.0989. The zero-order valence-corrected chi connectivity index (χ0v) is 11.9. The molecule has 102 valence electrons. The summed E-state index contributed by atoms with van der Waals surface area (Å²) in [7, 11) is 1.64. The van der Waals surface area contributed by atoms with Gasteiger partial charge in [-0.1, -0.05) is 17.7 Å². The van der Waals surface area contributed by atoms with Gasteiger partial charge in [0.15, 0.2) is 0 Å². The minimum atomic E-state index is -0.0172. The fraction of sp³-hybridized carbons (Fsp3) is 0.188. The minimum Gasteiger partial charge on any atom is -0.497 e. The van der Waals surface area contributed by atoms with Gasteiger partial charge in [0, 0.05) is 22.8 Å². The van der Waals surface area contributed by atoms with E-state index in [1.807, 2.05) is 18.2 Å². The molecule has 1 aliphatic rings. The first-order valence-electron chi connectivity index (χ1n) is 6.43. The minimum absolute atomic E-state index is 0.0172. The molecule has 3 nitrogen and oxygen atoms in total. The van der Waals surface area contributed by atoms with Gasteiger partial charge in [-0.05, 0) is 48.4 Å². The normalized spacial score (nSPS) is 13.2. The van der Waals surface area contributed by atoms with Crippen LogP contribution < -0.4 is 9.64 Å². The molecule has 0 atom stereocenters. The average molecular weight is 288 g/mol. The van der Waals surface area contributed by atoms with Crippen molar-refractivity contribution in [3.05, 3.63) is 58.6 Å². The van der Waals surface area contributed by atoms with Crippen molar-refractivity contribution in [1.29, 1.82) is 0 Å². The molecule has 0 spiro atoms. The summed E-state index contributed by atoms with van der Waals surface area (Å²) in [6, 6.07) is 12.8. The number of anilines is 1.